The Bertz CT molecular complexity index is 765. The van der Waals surface area contributed by atoms with Crippen molar-refractivity contribution in [3.63, 3.8) is 0 Å². The molecule has 1 atom stereocenters. The normalized spacial score (nSPS) is 12.1. The van der Waals surface area contributed by atoms with E-state index in [2.05, 4.69) is 15.6 Å². The van der Waals surface area contributed by atoms with Crippen LogP contribution in [-0.2, 0) is 4.79 Å². The first-order chi connectivity index (χ1) is 11.7. The molecule has 1 aromatic heterocycles. The molecule has 2 N–H and O–H groups in total. The fraction of sp³-hybridized carbons (Fsp3) is 0.353. The number of aromatic nitrogens is 1. The van der Waals surface area contributed by atoms with E-state index in [4.69, 9.17) is 0 Å². The summed E-state index contributed by atoms with van der Waals surface area (Å²) in [5, 5.41) is 5.45. The number of thiazole rings is 1. The van der Waals surface area contributed by atoms with Crippen LogP contribution < -0.4 is 10.6 Å². The van der Waals surface area contributed by atoms with E-state index in [1.165, 1.54) is 17.4 Å². The number of hydrogen-bond donors (Lipinski definition) is 2. The number of amides is 2. The molecule has 25 heavy (non-hydrogen) atoms. The van der Waals surface area contributed by atoms with Crippen LogP contribution in [0.4, 0.5) is 13.9 Å². The van der Waals surface area contributed by atoms with E-state index in [-0.39, 0.29) is 5.92 Å². The van der Waals surface area contributed by atoms with E-state index in [0.29, 0.717) is 5.13 Å². The molecular weight excluding hydrogens is 348 g/mol. The Morgan fingerprint density at radius 3 is 2.24 bits per heavy atom. The molecule has 2 aromatic rings. The minimum Gasteiger partial charge on any atom is -0.340 e. The molecule has 0 saturated carbocycles. The molecule has 0 aliphatic rings. The van der Waals surface area contributed by atoms with Gasteiger partial charge in [-0.1, -0.05) is 19.9 Å². The van der Waals surface area contributed by atoms with Crippen molar-refractivity contribution < 1.29 is 18.4 Å². The Morgan fingerprint density at radius 2 is 1.76 bits per heavy atom. The standard InChI is InChI=1S/C17H19F2N3O2S/c1-8(2)14(16(24)22-17-20-9(3)10(4)25-17)21-15(23)13-11(18)6-5-7-12(13)19/h5-8,14H,1-4H3,(H,21,23)(H,20,22,24). The van der Waals surface area contributed by atoms with E-state index in [9.17, 15) is 18.4 Å². The van der Waals surface area contributed by atoms with E-state index < -0.39 is 35.1 Å². The van der Waals surface area contributed by atoms with Crippen LogP contribution in [-0.4, -0.2) is 22.8 Å². The van der Waals surface area contributed by atoms with E-state index in [1.807, 2.05) is 13.8 Å². The van der Waals surface area contributed by atoms with Crippen LogP contribution in [0.3, 0.4) is 0 Å². The number of benzene rings is 1. The second kappa shape index (κ2) is 7.69. The number of anilines is 1. The monoisotopic (exact) mass is 367 g/mol. The molecule has 0 radical (unpaired) electrons. The van der Waals surface area contributed by atoms with Gasteiger partial charge in [-0.25, -0.2) is 13.8 Å². The number of hydrogen-bond acceptors (Lipinski definition) is 4. The third kappa shape index (κ3) is 4.39. The molecular formula is C17H19F2N3O2S. The van der Waals surface area contributed by atoms with Crippen LogP contribution in [0.15, 0.2) is 18.2 Å². The predicted octanol–water partition coefficient (Wildman–Crippen LogP) is 3.43. The summed E-state index contributed by atoms with van der Waals surface area (Å²) in [6.07, 6.45) is 0. The number of halogens is 2. The average molecular weight is 367 g/mol. The van der Waals surface area contributed by atoms with Crippen molar-refractivity contribution in [1.82, 2.24) is 10.3 Å². The lowest BCUT2D eigenvalue weighted by molar-refractivity contribution is -0.118. The fourth-order valence-electron chi connectivity index (χ4n) is 2.17. The highest BCUT2D eigenvalue weighted by molar-refractivity contribution is 7.15. The van der Waals surface area contributed by atoms with Crippen molar-refractivity contribution in [3.8, 4) is 0 Å². The Hall–Kier alpha value is -2.35. The van der Waals surface area contributed by atoms with Gasteiger partial charge in [0.1, 0.15) is 23.2 Å². The number of aryl methyl sites for hydroxylation is 2. The van der Waals surface area contributed by atoms with E-state index >= 15 is 0 Å². The second-order valence-electron chi connectivity index (χ2n) is 5.94. The number of carbonyl (C=O) groups excluding carboxylic acids is 2. The van der Waals surface area contributed by atoms with Crippen LogP contribution in [0.5, 0.6) is 0 Å². The topological polar surface area (TPSA) is 71.1 Å². The molecule has 1 aromatic carbocycles. The van der Waals surface area contributed by atoms with E-state index in [0.717, 1.165) is 22.7 Å². The highest BCUT2D eigenvalue weighted by Crippen LogP contribution is 2.22. The zero-order valence-corrected chi connectivity index (χ0v) is 15.1. The molecule has 1 unspecified atom stereocenters. The zero-order valence-electron chi connectivity index (χ0n) is 14.3. The van der Waals surface area contributed by atoms with Gasteiger partial charge in [-0.2, -0.15) is 0 Å². The van der Waals surface area contributed by atoms with Crippen molar-refractivity contribution in [2.45, 2.75) is 33.7 Å². The highest BCUT2D eigenvalue weighted by atomic mass is 32.1. The van der Waals surface area contributed by atoms with E-state index in [1.54, 1.807) is 13.8 Å². The second-order valence-corrected chi connectivity index (χ2v) is 7.14. The summed E-state index contributed by atoms with van der Waals surface area (Å²) >= 11 is 1.32. The Labute approximate surface area is 148 Å². The van der Waals surface area contributed by atoms with Gasteiger partial charge in [0, 0.05) is 4.88 Å². The largest absolute Gasteiger partial charge is 0.340 e. The fourth-order valence-corrected chi connectivity index (χ4v) is 2.99. The van der Waals surface area contributed by atoms with Crippen molar-refractivity contribution in [3.05, 3.63) is 46.0 Å². The predicted molar refractivity (Wildman–Crippen MR) is 92.7 cm³/mol. The third-order valence-corrected chi connectivity index (χ3v) is 4.67. The summed E-state index contributed by atoms with van der Waals surface area (Å²) in [7, 11) is 0. The van der Waals surface area contributed by atoms with Gasteiger partial charge in [0.15, 0.2) is 5.13 Å². The minimum absolute atomic E-state index is 0.291. The van der Waals surface area contributed by atoms with Gasteiger partial charge in [0.05, 0.1) is 5.69 Å². The molecule has 0 aliphatic carbocycles. The van der Waals surface area contributed by atoms with Gasteiger partial charge in [-0.3, -0.25) is 9.59 Å². The first kappa shape index (κ1) is 19.0. The maximum Gasteiger partial charge on any atom is 0.257 e. The first-order valence-corrected chi connectivity index (χ1v) is 8.52. The van der Waals surface area contributed by atoms with Gasteiger partial charge in [0.25, 0.3) is 5.91 Å². The number of carbonyl (C=O) groups is 2. The van der Waals surface area contributed by atoms with Crippen molar-refractivity contribution >= 4 is 28.3 Å². The van der Waals surface area contributed by atoms with Crippen molar-refractivity contribution in [1.29, 1.82) is 0 Å². The number of nitrogens with one attached hydrogen (secondary N) is 2. The molecule has 134 valence electrons. The Balaban J connectivity index is 2.17. The SMILES string of the molecule is Cc1nc(NC(=O)C(NC(=O)c2c(F)cccc2F)C(C)C)sc1C. The van der Waals surface area contributed by atoms with Crippen LogP contribution >= 0.6 is 11.3 Å². The average Bonchev–Trinajstić information content (AvgIpc) is 2.82. The van der Waals surface area contributed by atoms with Crippen LogP contribution in [0, 0.1) is 31.4 Å². The summed E-state index contributed by atoms with van der Waals surface area (Å²) in [6, 6.07) is 2.19. The first-order valence-electron chi connectivity index (χ1n) is 7.70. The molecule has 1 heterocycles. The van der Waals surface area contributed by atoms with Gasteiger partial charge in [0.2, 0.25) is 5.91 Å². The summed E-state index contributed by atoms with van der Waals surface area (Å²) < 4.78 is 27.5. The highest BCUT2D eigenvalue weighted by Gasteiger charge is 2.28. The molecule has 0 bridgehead atoms. The molecule has 8 heteroatoms. The quantitative estimate of drug-likeness (QED) is 0.850. The summed E-state index contributed by atoms with van der Waals surface area (Å²) in [4.78, 5) is 29.9. The minimum atomic E-state index is -0.980. The molecule has 2 rings (SSSR count). The molecule has 0 fully saturated rings. The lowest BCUT2D eigenvalue weighted by Gasteiger charge is -2.21. The lowest BCUT2D eigenvalue weighted by Crippen LogP contribution is -2.47. The third-order valence-electron chi connectivity index (χ3n) is 3.68. The Morgan fingerprint density at radius 1 is 1.16 bits per heavy atom. The number of nitrogens with zero attached hydrogens (tertiary/aromatic N) is 1. The molecule has 5 nitrogen and oxygen atoms in total. The Kier molecular flexibility index (Phi) is 5.84. The van der Waals surface area contributed by atoms with Gasteiger partial charge < -0.3 is 10.6 Å². The molecule has 0 aliphatic heterocycles. The lowest BCUT2D eigenvalue weighted by atomic mass is 10.0. The van der Waals surface area contributed by atoms with Gasteiger partial charge in [-0.05, 0) is 31.9 Å². The summed E-state index contributed by atoms with van der Waals surface area (Å²) in [6.45, 7) is 7.15. The molecule has 2 amide bonds. The van der Waals surface area contributed by atoms with Crippen LogP contribution in [0.25, 0.3) is 0 Å². The zero-order chi connectivity index (χ0) is 18.7. The number of rotatable bonds is 5. The summed E-state index contributed by atoms with van der Waals surface area (Å²) in [5.41, 5.74) is 0.0979. The maximum atomic E-state index is 13.7. The molecule has 0 saturated heterocycles. The van der Waals surface area contributed by atoms with Crippen LogP contribution in [0.2, 0.25) is 0 Å². The van der Waals surface area contributed by atoms with Crippen molar-refractivity contribution in [2.24, 2.45) is 5.92 Å². The van der Waals surface area contributed by atoms with Crippen LogP contribution in [0.1, 0.15) is 34.8 Å². The molecule has 0 spiro atoms. The van der Waals surface area contributed by atoms with Gasteiger partial charge >= 0.3 is 0 Å². The summed E-state index contributed by atoms with van der Waals surface area (Å²) in [5.74, 6) is -3.72. The smallest absolute Gasteiger partial charge is 0.257 e. The maximum absolute atomic E-state index is 13.7. The van der Waals surface area contributed by atoms with Crippen molar-refractivity contribution in [2.75, 3.05) is 5.32 Å². The van der Waals surface area contributed by atoms with Gasteiger partial charge in [-0.15, -0.1) is 11.3 Å².